The molecule has 0 saturated heterocycles. The molecule has 0 spiro atoms. The molecular weight excluding hydrogens is 340 g/mol. The third-order valence-electron chi connectivity index (χ3n) is 7.98. The van der Waals surface area contributed by atoms with E-state index in [4.69, 9.17) is 4.74 Å². The van der Waals surface area contributed by atoms with Crippen molar-refractivity contribution >= 4 is 5.97 Å². The van der Waals surface area contributed by atoms with Gasteiger partial charge < -0.3 is 14.9 Å². The summed E-state index contributed by atoms with van der Waals surface area (Å²) in [6, 6.07) is 0. The van der Waals surface area contributed by atoms with Crippen LogP contribution in [0.5, 0.6) is 0 Å². The van der Waals surface area contributed by atoms with Gasteiger partial charge >= 0.3 is 5.97 Å². The second kappa shape index (κ2) is 5.95. The smallest absolute Gasteiger partial charge is 0.312 e. The van der Waals surface area contributed by atoms with E-state index in [1.807, 2.05) is 6.92 Å². The molecular formula is C23H40O4. The molecule has 3 atom stereocenters. The van der Waals surface area contributed by atoms with Gasteiger partial charge in [0, 0.05) is 19.3 Å². The minimum atomic E-state index is -0.880. The van der Waals surface area contributed by atoms with Gasteiger partial charge in [0.15, 0.2) is 0 Å². The second-order valence-electron chi connectivity index (χ2n) is 12.3. The Labute approximate surface area is 165 Å². The Bertz CT molecular complexity index is 598. The monoisotopic (exact) mass is 380 g/mol. The van der Waals surface area contributed by atoms with E-state index >= 15 is 0 Å². The lowest BCUT2D eigenvalue weighted by molar-refractivity contribution is -0.266. The van der Waals surface area contributed by atoms with Crippen LogP contribution < -0.4 is 0 Å². The van der Waals surface area contributed by atoms with Crippen LogP contribution in [0.4, 0.5) is 0 Å². The zero-order chi connectivity index (χ0) is 20.5. The van der Waals surface area contributed by atoms with E-state index in [-0.39, 0.29) is 22.7 Å². The fourth-order valence-corrected chi connectivity index (χ4v) is 6.71. The van der Waals surface area contributed by atoms with E-state index in [9.17, 15) is 15.0 Å². The number of esters is 1. The van der Waals surface area contributed by atoms with Gasteiger partial charge in [0.1, 0.15) is 5.60 Å². The molecule has 0 amide bonds. The molecule has 0 radical (unpaired) electrons. The molecule has 0 aliphatic heterocycles. The molecule has 0 aromatic rings. The molecule has 0 heterocycles. The van der Waals surface area contributed by atoms with Gasteiger partial charge in [-0.3, -0.25) is 4.79 Å². The number of carbonyl (C=O) groups excluding carboxylic acids is 1. The lowest BCUT2D eigenvalue weighted by Gasteiger charge is -2.62. The van der Waals surface area contributed by atoms with Gasteiger partial charge in [-0.1, -0.05) is 41.5 Å². The Morgan fingerprint density at radius 3 is 1.89 bits per heavy atom. The van der Waals surface area contributed by atoms with E-state index < -0.39 is 22.2 Å². The molecule has 2 N–H and O–H groups in total. The predicted octanol–water partition coefficient (Wildman–Crippen LogP) is 4.61. The van der Waals surface area contributed by atoms with Crippen LogP contribution in [0.2, 0.25) is 0 Å². The summed E-state index contributed by atoms with van der Waals surface area (Å²) in [7, 11) is 0. The average Bonchev–Trinajstić information content (AvgIpc) is 2.40. The van der Waals surface area contributed by atoms with Crippen LogP contribution in [-0.2, 0) is 9.53 Å². The number of carbonyl (C=O) groups is 1. The summed E-state index contributed by atoms with van der Waals surface area (Å²) in [6.45, 7) is 15.0. The van der Waals surface area contributed by atoms with Gasteiger partial charge in [-0.05, 0) is 55.8 Å². The van der Waals surface area contributed by atoms with Gasteiger partial charge in [-0.25, -0.2) is 0 Å². The number of rotatable bonds is 5. The zero-order valence-electron chi connectivity index (χ0n) is 18.4. The Hall–Kier alpha value is -0.610. The molecule has 4 rings (SSSR count). The normalized spacial score (nSPS) is 40.7. The molecule has 4 aliphatic carbocycles. The molecule has 27 heavy (non-hydrogen) atoms. The molecule has 156 valence electrons. The van der Waals surface area contributed by atoms with Crippen molar-refractivity contribution in [1.29, 1.82) is 0 Å². The Kier molecular flexibility index (Phi) is 4.65. The summed E-state index contributed by atoms with van der Waals surface area (Å²) in [4.78, 5) is 13.7. The van der Waals surface area contributed by atoms with Gasteiger partial charge in [0.2, 0.25) is 0 Å². The SMILES string of the molecule is CCC(C)(C)C(C)(CC(C)(C)C)C(=O)OC12CC3CC(O)(CC(O)(C3)C1)C2. The van der Waals surface area contributed by atoms with Gasteiger partial charge in [-0.2, -0.15) is 0 Å². The van der Waals surface area contributed by atoms with Crippen LogP contribution >= 0.6 is 0 Å². The summed E-state index contributed by atoms with van der Waals surface area (Å²) in [6.07, 6.45) is 5.25. The maximum absolute atomic E-state index is 13.7. The van der Waals surface area contributed by atoms with Crippen molar-refractivity contribution in [2.75, 3.05) is 0 Å². The number of hydrogen-bond acceptors (Lipinski definition) is 4. The third kappa shape index (κ3) is 3.69. The first kappa shape index (κ1) is 21.1. The molecule has 3 unspecified atom stereocenters. The summed E-state index contributed by atoms with van der Waals surface area (Å²) < 4.78 is 6.32. The van der Waals surface area contributed by atoms with E-state index in [1.54, 1.807) is 0 Å². The van der Waals surface area contributed by atoms with Crippen LogP contribution in [0.3, 0.4) is 0 Å². The fourth-order valence-electron chi connectivity index (χ4n) is 6.71. The number of hydrogen-bond donors (Lipinski definition) is 2. The van der Waals surface area contributed by atoms with Gasteiger partial charge in [0.05, 0.1) is 16.6 Å². The van der Waals surface area contributed by atoms with Crippen LogP contribution in [0.25, 0.3) is 0 Å². The lowest BCUT2D eigenvalue weighted by atomic mass is 9.50. The van der Waals surface area contributed by atoms with Crippen molar-refractivity contribution in [3.05, 3.63) is 0 Å². The number of aliphatic hydroxyl groups is 2. The summed E-state index contributed by atoms with van der Waals surface area (Å²) in [5.74, 6) is 0.0931. The summed E-state index contributed by atoms with van der Waals surface area (Å²) >= 11 is 0. The van der Waals surface area contributed by atoms with Crippen LogP contribution in [0.15, 0.2) is 0 Å². The molecule has 4 nitrogen and oxygen atoms in total. The average molecular weight is 381 g/mol. The van der Waals surface area contributed by atoms with Crippen molar-refractivity contribution in [3.63, 3.8) is 0 Å². The molecule has 4 aliphatic rings. The van der Waals surface area contributed by atoms with Crippen molar-refractivity contribution in [2.24, 2.45) is 22.2 Å². The van der Waals surface area contributed by atoms with Crippen LogP contribution in [-0.4, -0.2) is 33.0 Å². The van der Waals surface area contributed by atoms with Crippen molar-refractivity contribution < 1.29 is 19.7 Å². The first-order chi connectivity index (χ1) is 12.1. The van der Waals surface area contributed by atoms with E-state index in [0.29, 0.717) is 19.3 Å². The van der Waals surface area contributed by atoms with Crippen molar-refractivity contribution in [3.8, 4) is 0 Å². The van der Waals surface area contributed by atoms with Crippen LogP contribution in [0.1, 0.15) is 99.8 Å². The predicted molar refractivity (Wildman–Crippen MR) is 106 cm³/mol. The Balaban J connectivity index is 1.90. The fraction of sp³-hybridized carbons (Fsp3) is 0.957. The van der Waals surface area contributed by atoms with E-state index in [2.05, 4.69) is 41.5 Å². The first-order valence-corrected chi connectivity index (χ1v) is 10.7. The Morgan fingerprint density at radius 1 is 0.963 bits per heavy atom. The molecule has 4 saturated carbocycles. The minimum absolute atomic E-state index is 0.00190. The highest BCUT2D eigenvalue weighted by Gasteiger charge is 2.65. The maximum Gasteiger partial charge on any atom is 0.312 e. The zero-order valence-corrected chi connectivity index (χ0v) is 18.4. The maximum atomic E-state index is 13.7. The number of ether oxygens (including phenoxy) is 1. The quantitative estimate of drug-likeness (QED) is 0.684. The summed E-state index contributed by atoms with van der Waals surface area (Å²) in [5.41, 5.74) is -3.28. The molecule has 0 aromatic carbocycles. The molecule has 4 heteroatoms. The lowest BCUT2D eigenvalue weighted by Crippen LogP contribution is -2.67. The second-order valence-corrected chi connectivity index (χ2v) is 12.3. The van der Waals surface area contributed by atoms with Crippen molar-refractivity contribution in [2.45, 2.75) is 117 Å². The highest BCUT2D eigenvalue weighted by molar-refractivity contribution is 5.78. The van der Waals surface area contributed by atoms with Crippen LogP contribution in [0, 0.1) is 22.2 Å². The first-order valence-electron chi connectivity index (χ1n) is 10.7. The molecule has 0 aromatic heterocycles. The molecule has 4 bridgehead atoms. The topological polar surface area (TPSA) is 66.8 Å². The standard InChI is InChI=1S/C23H40O4/c1-8-19(5,6)20(7,12-18(2,3)4)17(24)27-23-11-16-9-21(25,14-23)13-22(26,10-16)15-23/h16,25-26H,8-15H2,1-7H3. The van der Waals surface area contributed by atoms with E-state index in [1.165, 1.54) is 0 Å². The third-order valence-corrected chi connectivity index (χ3v) is 7.98. The van der Waals surface area contributed by atoms with Gasteiger partial charge in [0.25, 0.3) is 0 Å². The summed E-state index contributed by atoms with van der Waals surface area (Å²) in [5, 5.41) is 22.0. The largest absolute Gasteiger partial charge is 0.458 e. The van der Waals surface area contributed by atoms with Gasteiger partial charge in [-0.15, -0.1) is 0 Å². The molecule has 4 fully saturated rings. The van der Waals surface area contributed by atoms with Crippen molar-refractivity contribution in [1.82, 2.24) is 0 Å². The van der Waals surface area contributed by atoms with E-state index in [0.717, 1.165) is 32.1 Å². The highest BCUT2D eigenvalue weighted by atomic mass is 16.6. The Morgan fingerprint density at radius 2 is 1.48 bits per heavy atom. The highest BCUT2D eigenvalue weighted by Crippen LogP contribution is 2.61. The minimum Gasteiger partial charge on any atom is -0.458 e.